The molecule has 50 heavy (non-hydrogen) atoms. The molecule has 0 atom stereocenters. The average Bonchev–Trinajstić information content (AvgIpc) is 3.12. The molecule has 3 aromatic carbocycles. The number of hydrogen-bond donors (Lipinski definition) is 0. The first-order valence-corrected chi connectivity index (χ1v) is 16.0. The van der Waals surface area contributed by atoms with E-state index in [9.17, 15) is 10.5 Å². The highest BCUT2D eigenvalue weighted by atomic mass is 16.5. The maximum Gasteiger partial charge on any atom is 0.269 e. The molecule has 242 valence electrons. The Morgan fingerprint density at radius 2 is 1.04 bits per heavy atom. The molecule has 0 saturated carbocycles. The molecule has 0 unspecified atom stereocenters. The molecule has 0 spiro atoms. The summed E-state index contributed by atoms with van der Waals surface area (Å²) in [4.78, 5) is 8.84. The van der Waals surface area contributed by atoms with E-state index < -0.39 is 0 Å². The topological polar surface area (TPSA) is 78.0 Å². The van der Waals surface area contributed by atoms with Crippen molar-refractivity contribution in [3.8, 4) is 12.1 Å². The van der Waals surface area contributed by atoms with Crippen molar-refractivity contribution >= 4 is 29.2 Å². The molecule has 0 radical (unpaired) electrons. The second-order valence-electron chi connectivity index (χ2n) is 11.5. The zero-order valence-electron chi connectivity index (χ0n) is 28.0. The summed E-state index contributed by atoms with van der Waals surface area (Å²) in [5.74, 6) is 2.32. The predicted molar refractivity (Wildman–Crippen MR) is 198 cm³/mol. The molecule has 5 rings (SSSR count). The maximum atomic E-state index is 9.29. The van der Waals surface area contributed by atoms with Gasteiger partial charge in [-0.05, 0) is 121 Å². The number of aryl methyl sites for hydroxylation is 1. The summed E-state index contributed by atoms with van der Waals surface area (Å²) in [5, 5.41) is 18.6. The smallest absolute Gasteiger partial charge is 0.269 e. The number of hydrogen-bond acceptors (Lipinski definition) is 5. The van der Waals surface area contributed by atoms with Crippen molar-refractivity contribution in [1.82, 2.24) is 0 Å². The fourth-order valence-corrected chi connectivity index (χ4v) is 5.44. The zero-order valence-corrected chi connectivity index (χ0v) is 28.0. The summed E-state index contributed by atoms with van der Waals surface area (Å²) < 4.78 is 11.6. The summed E-state index contributed by atoms with van der Waals surface area (Å²) >= 11 is 0. The minimum Gasteiger partial charge on any atom is -0.462 e. The van der Waals surface area contributed by atoms with Crippen LogP contribution in [0.5, 0.6) is 0 Å². The molecule has 0 amide bonds. The van der Waals surface area contributed by atoms with Crippen molar-refractivity contribution in [2.24, 2.45) is 0 Å². The lowest BCUT2D eigenvalue weighted by Gasteiger charge is -2.26. The summed E-state index contributed by atoms with van der Waals surface area (Å²) in [6, 6.07) is 28.9. The van der Waals surface area contributed by atoms with E-state index in [1.807, 2.05) is 60.7 Å². The van der Waals surface area contributed by atoms with Gasteiger partial charge in [0.15, 0.2) is 0 Å². The zero-order chi connectivity index (χ0) is 35.5. The first kappa shape index (κ1) is 34.3. The van der Waals surface area contributed by atoms with E-state index >= 15 is 0 Å². The number of benzene rings is 3. The number of nitriles is 2. The fourth-order valence-electron chi connectivity index (χ4n) is 5.44. The van der Waals surface area contributed by atoms with Gasteiger partial charge in [-0.25, -0.2) is 20.2 Å². The van der Waals surface area contributed by atoms with Crippen molar-refractivity contribution in [2.75, 3.05) is 4.90 Å². The second kappa shape index (κ2) is 16.2. The molecule has 3 aromatic rings. The molecule has 7 heteroatoms. The second-order valence-corrected chi connectivity index (χ2v) is 11.5. The van der Waals surface area contributed by atoms with Crippen molar-refractivity contribution in [2.45, 2.75) is 33.6 Å². The molecule has 7 nitrogen and oxygen atoms in total. The van der Waals surface area contributed by atoms with Gasteiger partial charge in [-0.2, -0.15) is 0 Å². The summed E-state index contributed by atoms with van der Waals surface area (Å²) in [6.07, 6.45) is 16.4. The molecule has 2 heterocycles. The van der Waals surface area contributed by atoms with Gasteiger partial charge in [0.05, 0.1) is 25.3 Å². The van der Waals surface area contributed by atoms with E-state index in [1.165, 1.54) is 5.56 Å². The molecule has 0 N–H and O–H groups in total. The third-order valence-corrected chi connectivity index (χ3v) is 7.77. The van der Waals surface area contributed by atoms with Crippen LogP contribution in [0.2, 0.25) is 0 Å². The largest absolute Gasteiger partial charge is 0.462 e. The quantitative estimate of drug-likeness (QED) is 0.170. The summed E-state index contributed by atoms with van der Waals surface area (Å²) in [7, 11) is 0. The van der Waals surface area contributed by atoms with Crippen LogP contribution in [0, 0.1) is 35.8 Å². The highest BCUT2D eigenvalue weighted by Crippen LogP contribution is 2.35. The molecule has 0 aliphatic carbocycles. The van der Waals surface area contributed by atoms with E-state index in [0.29, 0.717) is 34.2 Å². The Hall–Kier alpha value is -7.06. The Morgan fingerprint density at radius 1 is 0.640 bits per heavy atom. The summed E-state index contributed by atoms with van der Waals surface area (Å²) in [6.45, 7) is 20.3. The Morgan fingerprint density at radius 3 is 1.40 bits per heavy atom. The van der Waals surface area contributed by atoms with Gasteiger partial charge in [0.1, 0.15) is 23.0 Å². The van der Waals surface area contributed by atoms with Crippen LogP contribution in [0.3, 0.4) is 0 Å². The minimum atomic E-state index is 0.0250. The molecule has 0 aromatic heterocycles. The molecular weight excluding hydrogens is 619 g/mol. The Kier molecular flexibility index (Phi) is 11.1. The number of ether oxygens (including phenoxy) is 2. The van der Waals surface area contributed by atoms with E-state index in [1.54, 1.807) is 38.2 Å². The normalized spacial score (nSPS) is 15.9. The van der Waals surface area contributed by atoms with E-state index in [0.717, 1.165) is 41.0 Å². The average molecular weight is 652 g/mol. The van der Waals surface area contributed by atoms with Gasteiger partial charge < -0.3 is 14.4 Å². The van der Waals surface area contributed by atoms with Gasteiger partial charge in [0.25, 0.3) is 11.4 Å². The van der Waals surface area contributed by atoms with Crippen molar-refractivity contribution in [3.63, 3.8) is 0 Å². The number of anilines is 3. The minimum absolute atomic E-state index is 0.0250. The van der Waals surface area contributed by atoms with E-state index in [-0.39, 0.29) is 11.4 Å². The first-order chi connectivity index (χ1) is 24.3. The van der Waals surface area contributed by atoms with Crippen LogP contribution in [0.4, 0.5) is 17.1 Å². The molecular formula is C43H33N5O2. The van der Waals surface area contributed by atoms with Crippen LogP contribution in [-0.2, 0) is 15.9 Å². The van der Waals surface area contributed by atoms with Crippen LogP contribution in [0.15, 0.2) is 155 Å². The third kappa shape index (κ3) is 8.44. The monoisotopic (exact) mass is 651 g/mol. The first-order valence-electron chi connectivity index (χ1n) is 16.0. The van der Waals surface area contributed by atoms with Crippen molar-refractivity contribution in [3.05, 3.63) is 194 Å². The lowest BCUT2D eigenvalue weighted by atomic mass is 10.1. The Bertz CT molecular complexity index is 2030. The molecule has 0 bridgehead atoms. The number of nitrogens with zero attached hydrogens (tertiary/aromatic N) is 5. The standard InChI is InChI=1S/C43H33N5O2/c1-6-7-32-8-16-37(17-9-32)48(38-18-10-33(11-19-38)14-22-40-26-35(24-30(2)49-40)42(28-44)46-4)39-20-12-34(13-21-39)15-23-41-27-36(25-31(3)50-41)43(29-45)47-5/h8-27H,6-7H2,1-3H3. The van der Waals surface area contributed by atoms with Gasteiger partial charge >= 0.3 is 0 Å². The van der Waals surface area contributed by atoms with E-state index in [2.05, 4.69) is 70.0 Å². The van der Waals surface area contributed by atoms with Crippen molar-refractivity contribution in [1.29, 1.82) is 10.5 Å². The van der Waals surface area contributed by atoms with Gasteiger partial charge in [-0.15, -0.1) is 0 Å². The highest BCUT2D eigenvalue weighted by Gasteiger charge is 2.14. The van der Waals surface area contributed by atoms with Crippen molar-refractivity contribution < 1.29 is 9.47 Å². The maximum absolute atomic E-state index is 9.29. The summed E-state index contributed by atoms with van der Waals surface area (Å²) in [5.41, 5.74) is 7.32. The number of rotatable bonds is 9. The van der Waals surface area contributed by atoms with Gasteiger partial charge in [0.2, 0.25) is 0 Å². The van der Waals surface area contributed by atoms with Crippen LogP contribution in [-0.4, -0.2) is 0 Å². The Labute approximate surface area is 293 Å². The van der Waals surface area contributed by atoms with Gasteiger partial charge in [-0.1, -0.05) is 61.9 Å². The molecule has 2 aliphatic heterocycles. The lowest BCUT2D eigenvalue weighted by molar-refractivity contribution is 0.318. The lowest BCUT2D eigenvalue weighted by Crippen LogP contribution is -2.10. The molecule has 2 aliphatic rings. The van der Waals surface area contributed by atoms with Gasteiger partial charge in [-0.3, -0.25) is 0 Å². The molecule has 0 fully saturated rings. The predicted octanol–water partition coefficient (Wildman–Crippen LogP) is 11.2. The van der Waals surface area contributed by atoms with Crippen LogP contribution < -0.4 is 4.90 Å². The fraction of sp³-hybridized carbons (Fsp3) is 0.116. The van der Waals surface area contributed by atoms with Gasteiger partial charge in [0, 0.05) is 17.1 Å². The third-order valence-electron chi connectivity index (χ3n) is 7.77. The van der Waals surface area contributed by atoms with Crippen LogP contribution in [0.25, 0.3) is 21.8 Å². The van der Waals surface area contributed by atoms with Crippen LogP contribution >= 0.6 is 0 Å². The van der Waals surface area contributed by atoms with Crippen LogP contribution in [0.1, 0.15) is 43.9 Å². The SMILES string of the molecule is [C-]#[N+]C(C#N)=C1C=C(C)OC(C=Cc2ccc(N(c3ccc(C=CC4=CC(=C(C#N)[N+]#[C-])C=C(C)O4)cc3)c3ccc(CCC)cc3)cc2)=C1. The van der Waals surface area contributed by atoms with E-state index in [4.69, 9.17) is 22.6 Å². The molecule has 0 saturated heterocycles. The Balaban J connectivity index is 1.41. The highest BCUT2D eigenvalue weighted by molar-refractivity contribution is 5.78. The number of allylic oxidation sites excluding steroid dienone is 12.